The van der Waals surface area contributed by atoms with Gasteiger partial charge in [0, 0.05) is 10.2 Å². The van der Waals surface area contributed by atoms with Gasteiger partial charge in [-0.3, -0.25) is 9.59 Å². The van der Waals surface area contributed by atoms with Gasteiger partial charge in [0.1, 0.15) is 5.75 Å². The molecule has 0 aliphatic heterocycles. The van der Waals surface area contributed by atoms with Crippen LogP contribution in [0.3, 0.4) is 0 Å². The van der Waals surface area contributed by atoms with E-state index in [1.165, 1.54) is 43.0 Å². The van der Waals surface area contributed by atoms with Gasteiger partial charge < -0.3 is 9.72 Å². The molecule has 4 nitrogen and oxygen atoms in total. The number of aromatic nitrogens is 1. The van der Waals surface area contributed by atoms with Gasteiger partial charge in [0.2, 0.25) is 5.43 Å². The number of pyridine rings is 1. The summed E-state index contributed by atoms with van der Waals surface area (Å²) in [6, 6.07) is 8.61. The lowest BCUT2D eigenvalue weighted by molar-refractivity contribution is -0.274. The number of thioether (sulfide) groups is 1. The number of nitrogens with one attached hydrogen (secondary N) is 1. The highest BCUT2D eigenvalue weighted by Gasteiger charge is 2.31. The zero-order valence-corrected chi connectivity index (χ0v) is 17.9. The number of aromatic amines is 1. The molecule has 1 N–H and O–H groups in total. The summed E-state index contributed by atoms with van der Waals surface area (Å²) in [7, 11) is 0. The molecular weight excluding hydrogens is 495 g/mol. The number of benzene rings is 2. The fourth-order valence-corrected chi connectivity index (χ4v) is 4.40. The Morgan fingerprint density at radius 1 is 1.21 bits per heavy atom. The van der Waals surface area contributed by atoms with E-state index in [2.05, 4.69) is 25.7 Å². The number of alkyl halides is 3. The van der Waals surface area contributed by atoms with Gasteiger partial charge in [0.25, 0.3) is 0 Å². The van der Waals surface area contributed by atoms with Crippen LogP contribution in [0.1, 0.15) is 22.8 Å². The number of Topliss-reactive ketones (excluding diaryl/α,β-unsaturated/α-hetero) is 1. The number of halogens is 5. The molecule has 10 heteroatoms. The number of hydrogen-bond acceptors (Lipinski definition) is 4. The number of carbonyl (C=O) groups is 1. The molecular formula is C19H12BrClF3NO3S. The van der Waals surface area contributed by atoms with Gasteiger partial charge >= 0.3 is 6.36 Å². The third kappa shape index (κ3) is 4.96. The highest BCUT2D eigenvalue weighted by atomic mass is 79.9. The highest BCUT2D eigenvalue weighted by Crippen LogP contribution is 2.32. The molecule has 0 saturated carbocycles. The van der Waals surface area contributed by atoms with Crippen molar-refractivity contribution < 1.29 is 22.7 Å². The molecule has 0 bridgehead atoms. The van der Waals surface area contributed by atoms with E-state index in [0.29, 0.717) is 26.3 Å². The van der Waals surface area contributed by atoms with Crippen LogP contribution in [0.25, 0.3) is 10.9 Å². The second kappa shape index (κ2) is 8.41. The van der Waals surface area contributed by atoms with Crippen molar-refractivity contribution in [3.63, 3.8) is 0 Å². The summed E-state index contributed by atoms with van der Waals surface area (Å²) < 4.78 is 41.2. The molecule has 1 heterocycles. The maximum atomic E-state index is 12.9. The van der Waals surface area contributed by atoms with E-state index in [4.69, 9.17) is 11.6 Å². The van der Waals surface area contributed by atoms with E-state index in [1.807, 2.05) is 0 Å². The van der Waals surface area contributed by atoms with Crippen molar-refractivity contribution in [2.24, 2.45) is 0 Å². The van der Waals surface area contributed by atoms with Crippen LogP contribution in [-0.4, -0.2) is 17.1 Å². The van der Waals surface area contributed by atoms with Crippen molar-refractivity contribution in [1.29, 1.82) is 0 Å². The van der Waals surface area contributed by atoms with Crippen LogP contribution in [0.15, 0.2) is 50.7 Å². The molecule has 29 heavy (non-hydrogen) atoms. The van der Waals surface area contributed by atoms with E-state index in [0.717, 1.165) is 0 Å². The minimum Gasteiger partial charge on any atom is -0.406 e. The summed E-state index contributed by atoms with van der Waals surface area (Å²) in [6.07, 6.45) is -4.76. The normalized spacial score (nSPS) is 11.7. The molecule has 3 rings (SSSR count). The SMILES string of the molecule is CC(=O)c1c(SCc2ccc(OC(F)(F)F)cc2)[nH]c2c(Br)ccc(Cl)c2c1=O. The molecule has 0 atom stereocenters. The summed E-state index contributed by atoms with van der Waals surface area (Å²) in [5, 5.41) is 0.793. The van der Waals surface area contributed by atoms with Gasteiger partial charge in [-0.05, 0) is 52.7 Å². The molecule has 0 unspecified atom stereocenters. The average molecular weight is 507 g/mol. The Morgan fingerprint density at radius 3 is 2.45 bits per heavy atom. The van der Waals surface area contributed by atoms with E-state index in [9.17, 15) is 22.8 Å². The minimum absolute atomic E-state index is 0.0143. The second-order valence-electron chi connectivity index (χ2n) is 5.97. The molecule has 0 radical (unpaired) electrons. The smallest absolute Gasteiger partial charge is 0.406 e. The van der Waals surface area contributed by atoms with Crippen molar-refractivity contribution in [1.82, 2.24) is 4.98 Å². The van der Waals surface area contributed by atoms with Gasteiger partial charge in [-0.15, -0.1) is 24.9 Å². The Hall–Kier alpha value is -1.97. The molecule has 0 spiro atoms. The number of ether oxygens (including phenoxy) is 1. The Kier molecular flexibility index (Phi) is 6.30. The molecule has 3 aromatic rings. The number of ketones is 1. The first-order valence-electron chi connectivity index (χ1n) is 8.09. The Bertz CT molecular complexity index is 1150. The predicted octanol–water partition coefficient (Wildman–Crippen LogP) is 6.34. The van der Waals surface area contributed by atoms with Crippen LogP contribution in [0, 0.1) is 0 Å². The van der Waals surface area contributed by atoms with Crippen molar-refractivity contribution in [2.75, 3.05) is 0 Å². The molecule has 0 saturated heterocycles. The lowest BCUT2D eigenvalue weighted by atomic mass is 10.1. The van der Waals surface area contributed by atoms with Gasteiger partial charge in [0.15, 0.2) is 5.78 Å². The summed E-state index contributed by atoms with van der Waals surface area (Å²) in [5.74, 6) is -0.430. The lowest BCUT2D eigenvalue weighted by Crippen LogP contribution is -2.17. The van der Waals surface area contributed by atoms with E-state index in [1.54, 1.807) is 12.1 Å². The van der Waals surface area contributed by atoms with Gasteiger partial charge in [-0.1, -0.05) is 23.7 Å². The largest absolute Gasteiger partial charge is 0.573 e. The number of fused-ring (bicyclic) bond motifs is 1. The fourth-order valence-electron chi connectivity index (χ4n) is 2.67. The number of H-pyrrole nitrogens is 1. The zero-order chi connectivity index (χ0) is 21.3. The summed E-state index contributed by atoms with van der Waals surface area (Å²) in [4.78, 5) is 28.1. The van der Waals surface area contributed by atoms with Crippen LogP contribution in [-0.2, 0) is 5.75 Å². The third-order valence-electron chi connectivity index (χ3n) is 3.92. The second-order valence-corrected chi connectivity index (χ2v) is 8.22. The Labute approximate surface area is 180 Å². The summed E-state index contributed by atoms with van der Waals surface area (Å²) in [6.45, 7) is 1.29. The van der Waals surface area contributed by atoms with Gasteiger partial charge in [-0.25, -0.2) is 0 Å². The number of rotatable bonds is 5. The molecule has 152 valence electrons. The zero-order valence-electron chi connectivity index (χ0n) is 14.7. The van der Waals surface area contributed by atoms with Crippen LogP contribution < -0.4 is 10.2 Å². The fraction of sp³-hybridized carbons (Fsp3) is 0.158. The molecule has 0 amide bonds. The topological polar surface area (TPSA) is 59.2 Å². The first-order chi connectivity index (χ1) is 13.6. The van der Waals surface area contributed by atoms with Gasteiger partial charge in [-0.2, -0.15) is 0 Å². The van der Waals surface area contributed by atoms with E-state index in [-0.39, 0.29) is 21.7 Å². The average Bonchev–Trinajstić information content (AvgIpc) is 2.62. The molecule has 0 aliphatic carbocycles. The Balaban J connectivity index is 1.94. The van der Waals surface area contributed by atoms with Crippen LogP contribution in [0.2, 0.25) is 5.02 Å². The van der Waals surface area contributed by atoms with Crippen LogP contribution in [0.5, 0.6) is 5.75 Å². The minimum atomic E-state index is -4.76. The lowest BCUT2D eigenvalue weighted by Gasteiger charge is -2.12. The number of hydrogen-bond donors (Lipinski definition) is 1. The molecule has 0 fully saturated rings. The first kappa shape index (κ1) is 21.7. The monoisotopic (exact) mass is 505 g/mol. The van der Waals surface area contributed by atoms with Crippen molar-refractivity contribution in [2.45, 2.75) is 24.1 Å². The Morgan fingerprint density at radius 2 is 1.86 bits per heavy atom. The maximum absolute atomic E-state index is 12.9. The van der Waals surface area contributed by atoms with Crippen molar-refractivity contribution in [3.8, 4) is 5.75 Å². The third-order valence-corrected chi connectivity index (χ3v) is 5.96. The summed E-state index contributed by atoms with van der Waals surface area (Å²) >= 11 is 10.7. The van der Waals surface area contributed by atoms with Crippen LogP contribution in [0.4, 0.5) is 13.2 Å². The quantitative estimate of drug-likeness (QED) is 0.324. The molecule has 2 aromatic carbocycles. The molecule has 0 aliphatic rings. The van der Waals surface area contributed by atoms with Crippen LogP contribution >= 0.6 is 39.3 Å². The van der Waals surface area contributed by atoms with Gasteiger partial charge in [0.05, 0.1) is 26.5 Å². The maximum Gasteiger partial charge on any atom is 0.573 e. The highest BCUT2D eigenvalue weighted by molar-refractivity contribution is 9.10. The van der Waals surface area contributed by atoms with E-state index >= 15 is 0 Å². The molecule has 1 aromatic heterocycles. The van der Waals surface area contributed by atoms with E-state index < -0.39 is 17.6 Å². The first-order valence-corrected chi connectivity index (χ1v) is 10.2. The van der Waals surface area contributed by atoms with Crippen molar-refractivity contribution >= 4 is 56.0 Å². The standard InChI is InChI=1S/C19H12BrClF3NO3S/c1-9(26)14-17(27)15-13(21)7-6-12(20)16(15)25-18(14)29-8-10-2-4-11(5-3-10)28-19(22,23)24/h2-7H,8H2,1H3,(H,25,27). The van der Waals surface area contributed by atoms with Crippen molar-refractivity contribution in [3.05, 3.63) is 67.2 Å². The summed E-state index contributed by atoms with van der Waals surface area (Å²) in [5.41, 5.74) is 0.655. The predicted molar refractivity (Wildman–Crippen MR) is 110 cm³/mol. The number of carbonyl (C=O) groups excluding carboxylic acids is 1.